The zero-order valence-electron chi connectivity index (χ0n) is 17.2. The maximum Gasteiger partial charge on any atom is 0.341 e. The van der Waals surface area contributed by atoms with Crippen molar-refractivity contribution in [3.05, 3.63) is 77.6 Å². The molecule has 0 amide bonds. The first-order valence-corrected chi connectivity index (χ1v) is 11.2. The number of ketones is 1. The number of esters is 1. The van der Waals surface area contributed by atoms with Crippen molar-refractivity contribution < 1.29 is 27.1 Å². The second-order valence-corrected chi connectivity index (χ2v) is 8.73. The van der Waals surface area contributed by atoms with Gasteiger partial charge in [-0.05, 0) is 35.0 Å². The predicted octanol–water partition coefficient (Wildman–Crippen LogP) is 4.05. The van der Waals surface area contributed by atoms with E-state index in [0.29, 0.717) is 5.56 Å². The van der Waals surface area contributed by atoms with Crippen molar-refractivity contribution in [2.24, 2.45) is 0 Å². The number of hydrogen-bond acceptors (Lipinski definition) is 5. The molecule has 3 aromatic carbocycles. The van der Waals surface area contributed by atoms with Crippen LogP contribution in [0.4, 0.5) is 4.39 Å². The van der Waals surface area contributed by atoms with Crippen LogP contribution >= 0.6 is 0 Å². The van der Waals surface area contributed by atoms with E-state index in [4.69, 9.17) is 4.74 Å². The van der Waals surface area contributed by atoms with E-state index in [1.807, 2.05) is 24.3 Å². The average molecular weight is 443 g/mol. The first-order valence-electron chi connectivity index (χ1n) is 9.76. The summed E-state index contributed by atoms with van der Waals surface area (Å²) >= 11 is 0. The van der Waals surface area contributed by atoms with Gasteiger partial charge >= 0.3 is 5.97 Å². The van der Waals surface area contributed by atoms with E-state index in [-0.39, 0.29) is 18.0 Å². The second-order valence-electron chi connectivity index (χ2n) is 6.79. The summed E-state index contributed by atoms with van der Waals surface area (Å²) in [7, 11) is -3.88. The molecular formula is C23H22FNO5S. The fraction of sp³-hybridized carbons (Fsp3) is 0.217. The smallest absolute Gasteiger partial charge is 0.341 e. The second kappa shape index (κ2) is 9.36. The van der Waals surface area contributed by atoms with Gasteiger partial charge in [0.25, 0.3) is 0 Å². The van der Waals surface area contributed by atoms with Crippen molar-refractivity contribution >= 4 is 32.5 Å². The highest BCUT2D eigenvalue weighted by Crippen LogP contribution is 2.20. The van der Waals surface area contributed by atoms with Gasteiger partial charge in [0.1, 0.15) is 5.82 Å². The van der Waals surface area contributed by atoms with E-state index in [9.17, 15) is 22.4 Å². The Kier molecular flexibility index (Phi) is 6.82. The van der Waals surface area contributed by atoms with Gasteiger partial charge in [-0.15, -0.1) is 0 Å². The summed E-state index contributed by atoms with van der Waals surface area (Å²) in [6, 6.07) is 15.5. The molecule has 31 heavy (non-hydrogen) atoms. The van der Waals surface area contributed by atoms with Crippen LogP contribution in [-0.4, -0.2) is 44.2 Å². The van der Waals surface area contributed by atoms with Crippen molar-refractivity contribution in [3.63, 3.8) is 0 Å². The lowest BCUT2D eigenvalue weighted by Crippen LogP contribution is -2.30. The van der Waals surface area contributed by atoms with Crippen LogP contribution in [0.25, 0.3) is 10.8 Å². The molecule has 3 aromatic rings. The third kappa shape index (κ3) is 4.81. The van der Waals surface area contributed by atoms with Crippen LogP contribution in [0.1, 0.15) is 34.6 Å². The molecule has 8 heteroatoms. The van der Waals surface area contributed by atoms with E-state index in [2.05, 4.69) is 0 Å². The number of ether oxygens (including phenoxy) is 1. The molecule has 3 rings (SSSR count). The average Bonchev–Trinajstić information content (AvgIpc) is 2.77. The number of Topliss-reactive ketones (excluding diaryl/α,β-unsaturated/α-hetero) is 1. The Morgan fingerprint density at radius 3 is 2.29 bits per heavy atom. The van der Waals surface area contributed by atoms with Crippen LogP contribution in [0.3, 0.4) is 0 Å². The van der Waals surface area contributed by atoms with Crippen LogP contribution in [0.2, 0.25) is 0 Å². The van der Waals surface area contributed by atoms with Crippen molar-refractivity contribution in [3.8, 4) is 0 Å². The first kappa shape index (κ1) is 22.6. The lowest BCUT2D eigenvalue weighted by molar-refractivity contribution is 0.0470. The molecule has 0 aromatic heterocycles. The highest BCUT2D eigenvalue weighted by atomic mass is 32.2. The number of rotatable bonds is 8. The molecule has 0 spiro atoms. The molecule has 0 saturated carbocycles. The molecule has 0 unspecified atom stereocenters. The molecule has 0 saturated heterocycles. The summed E-state index contributed by atoms with van der Waals surface area (Å²) in [4.78, 5) is 24.6. The third-order valence-corrected chi connectivity index (χ3v) is 6.95. The van der Waals surface area contributed by atoms with Crippen LogP contribution in [0.5, 0.6) is 0 Å². The molecule has 0 aliphatic carbocycles. The van der Waals surface area contributed by atoms with Gasteiger partial charge in [0.15, 0.2) is 12.4 Å². The van der Waals surface area contributed by atoms with Gasteiger partial charge in [0, 0.05) is 18.7 Å². The van der Waals surface area contributed by atoms with E-state index < -0.39 is 39.8 Å². The Hall–Kier alpha value is -3.10. The standard InChI is InChI=1S/C23H22FNO5S/c1-3-25(4-2)31(28,29)19-11-12-21(24)20(14-19)23(27)30-15-22(26)18-10-9-16-7-5-6-8-17(16)13-18/h5-14H,3-4,15H2,1-2H3. The first-order chi connectivity index (χ1) is 14.8. The monoisotopic (exact) mass is 443 g/mol. The minimum absolute atomic E-state index is 0.217. The van der Waals surface area contributed by atoms with Gasteiger partial charge in [-0.2, -0.15) is 4.31 Å². The number of halogens is 1. The number of carbonyl (C=O) groups is 2. The van der Waals surface area contributed by atoms with E-state index in [1.165, 1.54) is 4.31 Å². The minimum atomic E-state index is -3.88. The predicted molar refractivity (Wildman–Crippen MR) is 115 cm³/mol. The quantitative estimate of drug-likeness (QED) is 0.388. The van der Waals surface area contributed by atoms with Crippen molar-refractivity contribution in [1.82, 2.24) is 4.31 Å². The highest BCUT2D eigenvalue weighted by molar-refractivity contribution is 7.89. The molecule has 0 aliphatic heterocycles. The zero-order valence-corrected chi connectivity index (χ0v) is 18.0. The summed E-state index contributed by atoms with van der Waals surface area (Å²) in [5.41, 5.74) is -0.190. The number of benzene rings is 3. The van der Waals surface area contributed by atoms with Crippen LogP contribution in [-0.2, 0) is 14.8 Å². The minimum Gasteiger partial charge on any atom is -0.454 e. The van der Waals surface area contributed by atoms with Gasteiger partial charge in [-0.3, -0.25) is 4.79 Å². The Bertz CT molecular complexity index is 1240. The topological polar surface area (TPSA) is 80.8 Å². The Balaban J connectivity index is 1.77. The number of carbonyl (C=O) groups excluding carboxylic acids is 2. The third-order valence-electron chi connectivity index (χ3n) is 4.91. The molecule has 0 N–H and O–H groups in total. The molecule has 162 valence electrons. The summed E-state index contributed by atoms with van der Waals surface area (Å²) in [6.45, 7) is 3.23. The van der Waals surface area contributed by atoms with Gasteiger partial charge < -0.3 is 4.74 Å². The number of sulfonamides is 1. The number of fused-ring (bicyclic) bond motifs is 1. The molecule has 0 heterocycles. The van der Waals surface area contributed by atoms with Crippen molar-refractivity contribution in [1.29, 1.82) is 0 Å². The molecule has 0 atom stereocenters. The van der Waals surface area contributed by atoms with Gasteiger partial charge in [0.05, 0.1) is 10.5 Å². The maximum absolute atomic E-state index is 14.2. The Labute approximate surface area is 180 Å². The molecule has 0 aliphatic rings. The van der Waals surface area contributed by atoms with Crippen LogP contribution in [0, 0.1) is 5.82 Å². The largest absolute Gasteiger partial charge is 0.454 e. The Morgan fingerprint density at radius 1 is 0.935 bits per heavy atom. The van der Waals surface area contributed by atoms with Crippen molar-refractivity contribution in [2.75, 3.05) is 19.7 Å². The van der Waals surface area contributed by atoms with Gasteiger partial charge in [0.2, 0.25) is 10.0 Å². The Morgan fingerprint density at radius 2 is 1.61 bits per heavy atom. The van der Waals surface area contributed by atoms with Crippen LogP contribution in [0.15, 0.2) is 65.6 Å². The lowest BCUT2D eigenvalue weighted by Gasteiger charge is -2.18. The zero-order chi connectivity index (χ0) is 22.6. The molecule has 6 nitrogen and oxygen atoms in total. The lowest BCUT2D eigenvalue weighted by atomic mass is 10.0. The van der Waals surface area contributed by atoms with E-state index >= 15 is 0 Å². The summed E-state index contributed by atoms with van der Waals surface area (Å²) < 4.78 is 45.6. The molecule has 0 radical (unpaired) electrons. The van der Waals surface area contributed by atoms with Gasteiger partial charge in [-0.25, -0.2) is 17.6 Å². The summed E-state index contributed by atoms with van der Waals surface area (Å²) in [5, 5.41) is 1.82. The fourth-order valence-corrected chi connectivity index (χ4v) is 4.67. The van der Waals surface area contributed by atoms with E-state index in [0.717, 1.165) is 29.0 Å². The molecular weight excluding hydrogens is 421 g/mol. The number of nitrogens with zero attached hydrogens (tertiary/aromatic N) is 1. The van der Waals surface area contributed by atoms with Crippen molar-refractivity contribution in [2.45, 2.75) is 18.7 Å². The fourth-order valence-electron chi connectivity index (χ4n) is 3.19. The summed E-state index contributed by atoms with van der Waals surface area (Å²) in [5.74, 6) is -2.49. The summed E-state index contributed by atoms with van der Waals surface area (Å²) in [6.07, 6.45) is 0. The highest BCUT2D eigenvalue weighted by Gasteiger charge is 2.25. The normalized spacial score (nSPS) is 11.6. The van der Waals surface area contributed by atoms with Crippen LogP contribution < -0.4 is 0 Å². The van der Waals surface area contributed by atoms with E-state index in [1.54, 1.807) is 32.0 Å². The molecule has 0 bridgehead atoms. The SMILES string of the molecule is CCN(CC)S(=O)(=O)c1ccc(F)c(C(=O)OCC(=O)c2ccc3ccccc3c2)c1. The maximum atomic E-state index is 14.2. The van der Waals surface area contributed by atoms with Gasteiger partial charge in [-0.1, -0.05) is 50.2 Å². The molecule has 0 fully saturated rings. The number of hydrogen-bond donors (Lipinski definition) is 0.